The molecule has 0 bridgehead atoms. The number of hydrogen-bond donors (Lipinski definition) is 3. The Hall–Kier alpha value is -2.25. The van der Waals surface area contributed by atoms with Gasteiger partial charge in [-0.2, -0.15) is 0 Å². The van der Waals surface area contributed by atoms with E-state index in [0.29, 0.717) is 12.1 Å². The number of carboxylic acids is 1. The molecule has 1 aromatic carbocycles. The van der Waals surface area contributed by atoms with Gasteiger partial charge in [0.05, 0.1) is 6.42 Å². The van der Waals surface area contributed by atoms with E-state index in [0.717, 1.165) is 0 Å². The number of amides is 2. The van der Waals surface area contributed by atoms with Gasteiger partial charge in [-0.15, -0.1) is 0 Å². The Labute approximate surface area is 106 Å². The number of carbonyl (C=O) groups is 2. The number of carbonyl (C=O) groups excluding carboxylic acids is 1. The highest BCUT2D eigenvalue weighted by Crippen LogP contribution is 2.16. The lowest BCUT2D eigenvalue weighted by Crippen LogP contribution is -2.41. The molecule has 4 N–H and O–H groups in total. The molecule has 5 nitrogen and oxygen atoms in total. The third-order valence-electron chi connectivity index (χ3n) is 2.32. The second kappa shape index (κ2) is 6.07. The zero-order chi connectivity index (χ0) is 14.6. The zero-order valence-electron chi connectivity index (χ0n) is 9.62. The number of hydrogen-bond acceptors (Lipinski definition) is 2. The van der Waals surface area contributed by atoms with Crippen molar-refractivity contribution in [3.05, 3.63) is 35.1 Å². The van der Waals surface area contributed by atoms with Crippen LogP contribution >= 0.6 is 0 Å². The molecule has 104 valence electrons. The van der Waals surface area contributed by atoms with Gasteiger partial charge in [0.1, 0.15) is 5.82 Å². The fourth-order valence-corrected chi connectivity index (χ4v) is 1.57. The van der Waals surface area contributed by atoms with E-state index in [1.54, 1.807) is 0 Å². The van der Waals surface area contributed by atoms with Crippen LogP contribution in [0.25, 0.3) is 0 Å². The summed E-state index contributed by atoms with van der Waals surface area (Å²) in [5.74, 6) is -4.88. The number of halogens is 3. The first kappa shape index (κ1) is 14.8. The zero-order valence-corrected chi connectivity index (χ0v) is 9.62. The average Bonchev–Trinajstić information content (AvgIpc) is 2.23. The lowest BCUT2D eigenvalue weighted by atomic mass is 10.0. The summed E-state index contributed by atoms with van der Waals surface area (Å²) in [4.78, 5) is 21.2. The molecule has 0 spiro atoms. The molecule has 8 heteroatoms. The summed E-state index contributed by atoms with van der Waals surface area (Å²) >= 11 is 0. The lowest BCUT2D eigenvalue weighted by Gasteiger charge is -2.16. The molecule has 0 saturated carbocycles. The Kier molecular flexibility index (Phi) is 4.74. The summed E-state index contributed by atoms with van der Waals surface area (Å²) in [6.45, 7) is 0. The van der Waals surface area contributed by atoms with E-state index in [2.05, 4.69) is 5.32 Å². The van der Waals surface area contributed by atoms with Crippen LogP contribution in [0.1, 0.15) is 12.0 Å². The highest BCUT2D eigenvalue weighted by atomic mass is 19.2. The number of nitrogens with one attached hydrogen (secondary N) is 1. The smallest absolute Gasteiger partial charge is 0.312 e. The van der Waals surface area contributed by atoms with Crippen LogP contribution in [-0.2, 0) is 11.2 Å². The largest absolute Gasteiger partial charge is 0.481 e. The van der Waals surface area contributed by atoms with E-state index in [4.69, 9.17) is 10.8 Å². The minimum absolute atomic E-state index is 0.251. The van der Waals surface area contributed by atoms with Crippen molar-refractivity contribution in [2.24, 2.45) is 5.73 Å². The number of urea groups is 1. The normalized spacial score (nSPS) is 11.9. The van der Waals surface area contributed by atoms with Gasteiger partial charge in [0.2, 0.25) is 0 Å². The molecule has 0 saturated heterocycles. The third kappa shape index (κ3) is 4.49. The van der Waals surface area contributed by atoms with Gasteiger partial charge >= 0.3 is 12.0 Å². The van der Waals surface area contributed by atoms with Gasteiger partial charge in [0.15, 0.2) is 11.6 Å². The van der Waals surface area contributed by atoms with E-state index in [1.165, 1.54) is 0 Å². The van der Waals surface area contributed by atoms with Gasteiger partial charge in [-0.25, -0.2) is 18.0 Å². The quantitative estimate of drug-likeness (QED) is 0.704. The first-order valence-electron chi connectivity index (χ1n) is 5.20. The highest BCUT2D eigenvalue weighted by Gasteiger charge is 2.19. The Morgan fingerprint density at radius 2 is 1.79 bits per heavy atom. The topological polar surface area (TPSA) is 92.4 Å². The molecule has 1 aromatic rings. The Morgan fingerprint density at radius 1 is 1.21 bits per heavy atom. The van der Waals surface area contributed by atoms with Crippen LogP contribution in [0, 0.1) is 17.5 Å². The first-order valence-corrected chi connectivity index (χ1v) is 5.20. The average molecular weight is 276 g/mol. The number of primary amides is 1. The van der Waals surface area contributed by atoms with Crippen LogP contribution in [0.5, 0.6) is 0 Å². The Bertz CT molecular complexity index is 492. The SMILES string of the molecule is NC(=O)NC(CC(=O)O)Cc1cc(F)c(F)cc1F. The molecule has 2 amide bonds. The van der Waals surface area contributed by atoms with Crippen molar-refractivity contribution in [1.29, 1.82) is 0 Å². The van der Waals surface area contributed by atoms with Crippen LogP contribution < -0.4 is 11.1 Å². The van der Waals surface area contributed by atoms with Crippen molar-refractivity contribution < 1.29 is 27.9 Å². The summed E-state index contributed by atoms with van der Waals surface area (Å²) in [5, 5.41) is 10.7. The summed E-state index contributed by atoms with van der Waals surface area (Å²) in [5.41, 5.74) is 4.59. The standard InChI is InChI=1S/C11H11F3N2O3/c12-7-4-9(14)8(13)2-5(7)1-6(3-10(17)18)16-11(15)19/h2,4,6H,1,3H2,(H,17,18)(H3,15,16,19). The number of aliphatic carboxylic acids is 1. The Morgan fingerprint density at radius 3 is 2.32 bits per heavy atom. The molecule has 1 rings (SSSR count). The van der Waals surface area contributed by atoms with Crippen LogP contribution in [0.15, 0.2) is 12.1 Å². The predicted octanol–water partition coefficient (Wildman–Crippen LogP) is 1.16. The van der Waals surface area contributed by atoms with E-state index >= 15 is 0 Å². The minimum Gasteiger partial charge on any atom is -0.481 e. The maximum Gasteiger partial charge on any atom is 0.312 e. The van der Waals surface area contributed by atoms with Crippen molar-refractivity contribution >= 4 is 12.0 Å². The van der Waals surface area contributed by atoms with Crippen molar-refractivity contribution in [2.45, 2.75) is 18.9 Å². The minimum atomic E-state index is -1.35. The second-order valence-corrected chi connectivity index (χ2v) is 3.87. The molecule has 0 fully saturated rings. The Balaban J connectivity index is 2.92. The van der Waals surface area contributed by atoms with Crippen LogP contribution in [0.3, 0.4) is 0 Å². The molecule has 1 unspecified atom stereocenters. The second-order valence-electron chi connectivity index (χ2n) is 3.87. The fourth-order valence-electron chi connectivity index (χ4n) is 1.57. The predicted molar refractivity (Wildman–Crippen MR) is 58.8 cm³/mol. The summed E-state index contributed by atoms with van der Waals surface area (Å²) in [6, 6.07) is -1.04. The lowest BCUT2D eigenvalue weighted by molar-refractivity contribution is -0.137. The van der Waals surface area contributed by atoms with Crippen molar-refractivity contribution in [2.75, 3.05) is 0 Å². The molecule has 0 aliphatic carbocycles. The fraction of sp³-hybridized carbons (Fsp3) is 0.273. The molecule has 0 aromatic heterocycles. The monoisotopic (exact) mass is 276 g/mol. The van der Waals surface area contributed by atoms with E-state index in [-0.39, 0.29) is 12.0 Å². The number of benzene rings is 1. The summed E-state index contributed by atoms with van der Waals surface area (Å²) < 4.78 is 39.1. The van der Waals surface area contributed by atoms with Crippen molar-refractivity contribution in [3.63, 3.8) is 0 Å². The van der Waals surface area contributed by atoms with Crippen molar-refractivity contribution in [3.8, 4) is 0 Å². The van der Waals surface area contributed by atoms with Gasteiger partial charge in [0.25, 0.3) is 0 Å². The maximum atomic E-state index is 13.4. The molecule has 1 atom stereocenters. The van der Waals surface area contributed by atoms with Crippen LogP contribution in [-0.4, -0.2) is 23.1 Å². The van der Waals surface area contributed by atoms with E-state index in [1.807, 2.05) is 0 Å². The molecular weight excluding hydrogens is 265 g/mol. The summed E-state index contributed by atoms with van der Waals surface area (Å²) in [6.07, 6.45) is -0.848. The molecule has 0 aliphatic heterocycles. The van der Waals surface area contributed by atoms with Crippen LogP contribution in [0.4, 0.5) is 18.0 Å². The molecule has 19 heavy (non-hydrogen) atoms. The first-order chi connectivity index (χ1) is 8.79. The van der Waals surface area contributed by atoms with E-state index in [9.17, 15) is 22.8 Å². The number of nitrogens with two attached hydrogens (primary N) is 1. The molecular formula is C11H11F3N2O3. The number of carboxylic acid groups (broad SMARTS) is 1. The van der Waals surface area contributed by atoms with Gasteiger partial charge in [-0.1, -0.05) is 0 Å². The molecule has 0 aliphatic rings. The van der Waals surface area contributed by atoms with Gasteiger partial charge < -0.3 is 16.2 Å². The van der Waals surface area contributed by atoms with Crippen LogP contribution in [0.2, 0.25) is 0 Å². The maximum absolute atomic E-state index is 13.4. The summed E-state index contributed by atoms with van der Waals surface area (Å²) in [7, 11) is 0. The molecule has 0 radical (unpaired) electrons. The van der Waals surface area contributed by atoms with E-state index < -0.39 is 41.9 Å². The highest BCUT2D eigenvalue weighted by molar-refractivity contribution is 5.74. The number of rotatable bonds is 5. The van der Waals surface area contributed by atoms with Gasteiger partial charge in [-0.3, -0.25) is 4.79 Å². The van der Waals surface area contributed by atoms with Gasteiger partial charge in [0, 0.05) is 12.1 Å². The third-order valence-corrected chi connectivity index (χ3v) is 2.32. The molecule has 0 heterocycles. The van der Waals surface area contributed by atoms with Crippen molar-refractivity contribution in [1.82, 2.24) is 5.32 Å². The van der Waals surface area contributed by atoms with Gasteiger partial charge in [-0.05, 0) is 18.1 Å².